The molecule has 31 heavy (non-hydrogen) atoms. The second-order valence-electron chi connectivity index (χ2n) is 6.82. The SMILES string of the molecule is Cc1nc(Nc2ccc(NC(=O)Nc3cccc(F)c3C)cc2)cc(-n2ccnc2)n1. The Morgan fingerprint density at radius 3 is 2.52 bits per heavy atom. The quantitative estimate of drug-likeness (QED) is 0.433. The third-order valence-electron chi connectivity index (χ3n) is 4.52. The van der Waals surface area contributed by atoms with Gasteiger partial charge in [0.05, 0.1) is 0 Å². The summed E-state index contributed by atoms with van der Waals surface area (Å²) in [5.74, 6) is 1.59. The fourth-order valence-electron chi connectivity index (χ4n) is 2.96. The molecule has 0 bridgehead atoms. The molecule has 0 spiro atoms. The standard InChI is InChI=1S/C22H20FN7O/c1-14-18(23)4-3-5-19(14)29-22(31)28-17-8-6-16(7-9-17)27-20-12-21(26-15(2)25-20)30-11-10-24-13-30/h3-13H,1-2H3,(H,25,26,27)(H2,28,29,31). The van der Waals surface area contributed by atoms with Crippen LogP contribution in [-0.4, -0.2) is 25.6 Å². The minimum absolute atomic E-state index is 0.371. The van der Waals surface area contributed by atoms with Crippen molar-refractivity contribution in [1.82, 2.24) is 19.5 Å². The van der Waals surface area contributed by atoms with Crippen LogP contribution >= 0.6 is 0 Å². The highest BCUT2D eigenvalue weighted by atomic mass is 19.1. The predicted octanol–water partition coefficient (Wildman–Crippen LogP) is 4.81. The first-order valence-corrected chi connectivity index (χ1v) is 9.52. The summed E-state index contributed by atoms with van der Waals surface area (Å²) >= 11 is 0. The molecule has 2 aromatic heterocycles. The maximum atomic E-state index is 13.6. The van der Waals surface area contributed by atoms with Crippen LogP contribution in [0.4, 0.5) is 32.1 Å². The van der Waals surface area contributed by atoms with E-state index in [1.54, 1.807) is 48.3 Å². The number of halogens is 1. The van der Waals surface area contributed by atoms with E-state index >= 15 is 0 Å². The second kappa shape index (κ2) is 8.62. The van der Waals surface area contributed by atoms with Crippen molar-refractivity contribution in [1.29, 1.82) is 0 Å². The number of benzene rings is 2. The number of anilines is 4. The average Bonchev–Trinajstić information content (AvgIpc) is 3.27. The normalized spacial score (nSPS) is 10.5. The first-order chi connectivity index (χ1) is 15.0. The number of rotatable bonds is 5. The lowest BCUT2D eigenvalue weighted by Gasteiger charge is -2.12. The number of hydrogen-bond donors (Lipinski definition) is 3. The van der Waals surface area contributed by atoms with Crippen LogP contribution < -0.4 is 16.0 Å². The Morgan fingerprint density at radius 1 is 1.00 bits per heavy atom. The molecular formula is C22H20FN7O. The number of aryl methyl sites for hydroxylation is 1. The van der Waals surface area contributed by atoms with E-state index in [2.05, 4.69) is 30.9 Å². The summed E-state index contributed by atoms with van der Waals surface area (Å²) in [5, 5.41) is 8.60. The fraction of sp³-hybridized carbons (Fsp3) is 0.0909. The van der Waals surface area contributed by atoms with Crippen molar-refractivity contribution in [3.05, 3.63) is 84.5 Å². The van der Waals surface area contributed by atoms with Crippen LogP contribution in [0.25, 0.3) is 5.82 Å². The molecule has 8 nitrogen and oxygen atoms in total. The Morgan fingerprint density at radius 2 is 1.77 bits per heavy atom. The maximum absolute atomic E-state index is 13.6. The Bertz CT molecular complexity index is 1210. The van der Waals surface area contributed by atoms with Crippen molar-refractivity contribution in [3.8, 4) is 5.82 Å². The lowest BCUT2D eigenvalue weighted by molar-refractivity contribution is 0.262. The molecule has 0 unspecified atom stereocenters. The largest absolute Gasteiger partial charge is 0.340 e. The summed E-state index contributed by atoms with van der Waals surface area (Å²) in [6, 6.07) is 13.0. The number of imidazole rings is 1. The van der Waals surface area contributed by atoms with Crippen LogP contribution in [-0.2, 0) is 0 Å². The molecule has 0 saturated carbocycles. The maximum Gasteiger partial charge on any atom is 0.323 e. The number of amides is 2. The third-order valence-corrected chi connectivity index (χ3v) is 4.52. The number of nitrogens with zero attached hydrogens (tertiary/aromatic N) is 4. The Balaban J connectivity index is 1.42. The zero-order valence-electron chi connectivity index (χ0n) is 16.9. The van der Waals surface area contributed by atoms with E-state index in [1.807, 2.05) is 31.3 Å². The van der Waals surface area contributed by atoms with Crippen molar-refractivity contribution in [2.75, 3.05) is 16.0 Å². The molecule has 4 rings (SSSR count). The van der Waals surface area contributed by atoms with Crippen LogP contribution in [0.5, 0.6) is 0 Å². The van der Waals surface area contributed by atoms with Crippen molar-refractivity contribution in [2.45, 2.75) is 13.8 Å². The summed E-state index contributed by atoms with van der Waals surface area (Å²) in [6.45, 7) is 3.43. The molecule has 2 amide bonds. The van der Waals surface area contributed by atoms with E-state index in [4.69, 9.17) is 0 Å². The van der Waals surface area contributed by atoms with E-state index < -0.39 is 6.03 Å². The highest BCUT2D eigenvalue weighted by Crippen LogP contribution is 2.21. The van der Waals surface area contributed by atoms with Gasteiger partial charge in [-0.3, -0.25) is 4.57 Å². The molecule has 2 aromatic carbocycles. The minimum Gasteiger partial charge on any atom is -0.340 e. The van der Waals surface area contributed by atoms with Gasteiger partial charge >= 0.3 is 6.03 Å². The Kier molecular flexibility index (Phi) is 5.57. The highest BCUT2D eigenvalue weighted by molar-refractivity contribution is 6.00. The molecule has 0 fully saturated rings. The van der Waals surface area contributed by atoms with Crippen LogP contribution in [0.3, 0.4) is 0 Å². The van der Waals surface area contributed by atoms with Gasteiger partial charge < -0.3 is 16.0 Å². The number of nitrogens with one attached hydrogen (secondary N) is 3. The zero-order valence-corrected chi connectivity index (χ0v) is 16.9. The molecule has 156 valence electrons. The molecule has 4 aromatic rings. The third kappa shape index (κ3) is 4.84. The predicted molar refractivity (Wildman–Crippen MR) is 117 cm³/mol. The van der Waals surface area contributed by atoms with Crippen molar-refractivity contribution in [2.24, 2.45) is 0 Å². The number of aromatic nitrogens is 4. The molecule has 9 heteroatoms. The molecule has 0 radical (unpaired) electrons. The van der Waals surface area contributed by atoms with Crippen LogP contribution in [0.1, 0.15) is 11.4 Å². The summed E-state index contributed by atoms with van der Waals surface area (Å²) in [4.78, 5) is 25.1. The van der Waals surface area contributed by atoms with Gasteiger partial charge in [0.1, 0.15) is 29.6 Å². The number of carbonyl (C=O) groups is 1. The van der Waals surface area contributed by atoms with E-state index in [0.717, 1.165) is 5.69 Å². The smallest absolute Gasteiger partial charge is 0.323 e. The lowest BCUT2D eigenvalue weighted by atomic mass is 10.2. The van der Waals surface area contributed by atoms with E-state index in [9.17, 15) is 9.18 Å². The molecular weight excluding hydrogens is 397 g/mol. The summed E-state index contributed by atoms with van der Waals surface area (Å²) in [7, 11) is 0. The lowest BCUT2D eigenvalue weighted by Crippen LogP contribution is -2.20. The first kappa shape index (κ1) is 20.0. The molecule has 0 aliphatic rings. The van der Waals surface area contributed by atoms with Crippen molar-refractivity contribution in [3.63, 3.8) is 0 Å². The fourth-order valence-corrected chi connectivity index (χ4v) is 2.96. The van der Waals surface area contributed by atoms with Crippen molar-refractivity contribution >= 4 is 28.9 Å². The molecule has 0 atom stereocenters. The van der Waals surface area contributed by atoms with E-state index in [-0.39, 0.29) is 5.82 Å². The van der Waals surface area contributed by atoms with E-state index in [0.29, 0.717) is 34.4 Å². The molecule has 0 saturated heterocycles. The van der Waals surface area contributed by atoms with Gasteiger partial charge in [-0.1, -0.05) is 6.07 Å². The Hall–Kier alpha value is -4.27. The van der Waals surface area contributed by atoms with Gasteiger partial charge in [0.25, 0.3) is 0 Å². The summed E-state index contributed by atoms with van der Waals surface area (Å²) in [6.07, 6.45) is 5.16. The summed E-state index contributed by atoms with van der Waals surface area (Å²) in [5.41, 5.74) is 2.19. The van der Waals surface area contributed by atoms with Crippen molar-refractivity contribution < 1.29 is 9.18 Å². The van der Waals surface area contributed by atoms with Gasteiger partial charge in [0.15, 0.2) is 0 Å². The number of carbonyl (C=O) groups excluding carboxylic acids is 1. The number of hydrogen-bond acceptors (Lipinski definition) is 5. The molecule has 3 N–H and O–H groups in total. The summed E-state index contributed by atoms with van der Waals surface area (Å²) < 4.78 is 15.4. The first-order valence-electron chi connectivity index (χ1n) is 9.52. The van der Waals surface area contributed by atoms with Gasteiger partial charge in [-0.25, -0.2) is 24.1 Å². The van der Waals surface area contributed by atoms with Gasteiger partial charge in [-0.05, 0) is 50.2 Å². The average molecular weight is 417 g/mol. The van der Waals surface area contributed by atoms with E-state index in [1.165, 1.54) is 6.07 Å². The molecule has 0 aliphatic carbocycles. The number of urea groups is 1. The van der Waals surface area contributed by atoms with Gasteiger partial charge in [-0.2, -0.15) is 0 Å². The zero-order chi connectivity index (χ0) is 21.8. The van der Waals surface area contributed by atoms with Gasteiger partial charge in [0.2, 0.25) is 0 Å². The van der Waals surface area contributed by atoms with Gasteiger partial charge in [-0.15, -0.1) is 0 Å². The molecule has 2 heterocycles. The second-order valence-corrected chi connectivity index (χ2v) is 6.82. The van der Waals surface area contributed by atoms with Crippen LogP contribution in [0.2, 0.25) is 0 Å². The minimum atomic E-state index is -0.453. The highest BCUT2D eigenvalue weighted by Gasteiger charge is 2.08. The van der Waals surface area contributed by atoms with Crippen LogP contribution in [0, 0.1) is 19.7 Å². The van der Waals surface area contributed by atoms with Crippen LogP contribution in [0.15, 0.2) is 67.3 Å². The van der Waals surface area contributed by atoms with Gasteiger partial charge in [0, 0.05) is 41.1 Å². The Labute approximate surface area is 178 Å². The monoisotopic (exact) mass is 417 g/mol. The molecule has 0 aliphatic heterocycles. The topological polar surface area (TPSA) is 96.8 Å².